The second-order valence-corrected chi connectivity index (χ2v) is 7.55. The summed E-state index contributed by atoms with van der Waals surface area (Å²) in [5.41, 5.74) is 0.586. The summed E-state index contributed by atoms with van der Waals surface area (Å²) in [6, 6.07) is 0.956. The van der Waals surface area contributed by atoms with E-state index < -0.39 is 0 Å². The maximum Gasteiger partial charge on any atom is 0.00967 e. The summed E-state index contributed by atoms with van der Waals surface area (Å²) in [6.07, 6.45) is 14.7. The van der Waals surface area contributed by atoms with Crippen molar-refractivity contribution in [2.24, 2.45) is 11.3 Å². The quantitative estimate of drug-likeness (QED) is 0.709. The number of rotatable bonds is 7. The molecule has 0 aromatic carbocycles. The molecule has 0 unspecified atom stereocenters. The molecule has 0 radical (unpaired) electrons. The molecule has 3 rings (SSSR count). The van der Waals surface area contributed by atoms with E-state index in [1.54, 1.807) is 0 Å². The van der Waals surface area contributed by atoms with Crippen LogP contribution in [0.4, 0.5) is 0 Å². The van der Waals surface area contributed by atoms with Crippen LogP contribution >= 0.6 is 0 Å². The van der Waals surface area contributed by atoms with Crippen LogP contribution in [0.5, 0.6) is 0 Å². The predicted molar refractivity (Wildman–Crippen MR) is 81.4 cm³/mol. The Balaban J connectivity index is 1.63. The van der Waals surface area contributed by atoms with Gasteiger partial charge in [0.25, 0.3) is 0 Å². The lowest BCUT2D eigenvalue weighted by Crippen LogP contribution is -2.45. The van der Waals surface area contributed by atoms with Crippen molar-refractivity contribution in [2.75, 3.05) is 26.7 Å². The van der Waals surface area contributed by atoms with E-state index in [0.717, 1.165) is 12.0 Å². The molecule has 0 aliphatic heterocycles. The molecule has 2 nitrogen and oxygen atoms in total. The van der Waals surface area contributed by atoms with Gasteiger partial charge in [0, 0.05) is 25.7 Å². The highest BCUT2D eigenvalue weighted by atomic mass is 15.2. The van der Waals surface area contributed by atoms with Gasteiger partial charge >= 0.3 is 0 Å². The zero-order chi connectivity index (χ0) is 13.1. The van der Waals surface area contributed by atoms with Gasteiger partial charge in [0.15, 0.2) is 0 Å². The third kappa shape index (κ3) is 3.95. The molecule has 0 aromatic rings. The Bertz CT molecular complexity index is 273. The van der Waals surface area contributed by atoms with E-state index in [-0.39, 0.29) is 0 Å². The second kappa shape index (κ2) is 6.13. The molecule has 3 aliphatic carbocycles. The van der Waals surface area contributed by atoms with Gasteiger partial charge in [-0.2, -0.15) is 0 Å². The first-order valence-electron chi connectivity index (χ1n) is 8.70. The van der Waals surface area contributed by atoms with Crippen LogP contribution in [0.25, 0.3) is 0 Å². The lowest BCUT2D eigenvalue weighted by molar-refractivity contribution is 0.118. The summed E-state index contributed by atoms with van der Waals surface area (Å²) in [6.45, 7) is 4.03. The Morgan fingerprint density at radius 3 is 2.21 bits per heavy atom. The van der Waals surface area contributed by atoms with Crippen molar-refractivity contribution in [3.63, 3.8) is 0 Å². The molecule has 0 amide bonds. The molecule has 0 saturated heterocycles. The normalized spacial score (nSPS) is 27.5. The Kier molecular flexibility index (Phi) is 4.48. The fourth-order valence-corrected chi connectivity index (χ4v) is 4.09. The van der Waals surface area contributed by atoms with Crippen LogP contribution in [0.15, 0.2) is 0 Å². The lowest BCUT2D eigenvalue weighted by atomic mass is 9.79. The number of nitrogens with zero attached hydrogens (tertiary/aromatic N) is 1. The molecule has 0 aromatic heterocycles. The predicted octanol–water partition coefficient (Wildman–Crippen LogP) is 3.42. The first-order chi connectivity index (χ1) is 9.31. The van der Waals surface area contributed by atoms with Crippen molar-refractivity contribution in [1.29, 1.82) is 0 Å². The Morgan fingerprint density at radius 1 is 1.00 bits per heavy atom. The topological polar surface area (TPSA) is 15.3 Å². The summed E-state index contributed by atoms with van der Waals surface area (Å²) < 4.78 is 0. The average Bonchev–Trinajstić information content (AvgIpc) is 3.26. The summed E-state index contributed by atoms with van der Waals surface area (Å²) in [5, 5.41) is 3.51. The summed E-state index contributed by atoms with van der Waals surface area (Å²) in [5.74, 6) is 1.05. The van der Waals surface area contributed by atoms with E-state index in [1.807, 2.05) is 0 Å². The van der Waals surface area contributed by atoms with Crippen molar-refractivity contribution in [3.8, 4) is 0 Å². The van der Waals surface area contributed by atoms with Crippen molar-refractivity contribution in [3.05, 3.63) is 0 Å². The molecule has 19 heavy (non-hydrogen) atoms. The highest BCUT2D eigenvalue weighted by Gasteiger charge is 2.39. The summed E-state index contributed by atoms with van der Waals surface area (Å²) in [7, 11) is 2.15. The molecule has 0 spiro atoms. The highest BCUT2D eigenvalue weighted by molar-refractivity contribution is 4.94. The molecular formula is C17H32N2. The Morgan fingerprint density at radius 2 is 1.68 bits per heavy atom. The van der Waals surface area contributed by atoms with Crippen LogP contribution in [0, 0.1) is 11.3 Å². The van der Waals surface area contributed by atoms with Gasteiger partial charge in [-0.05, 0) is 56.9 Å². The van der Waals surface area contributed by atoms with Crippen LogP contribution in [-0.2, 0) is 0 Å². The molecule has 1 N–H and O–H groups in total. The molecular weight excluding hydrogens is 232 g/mol. The molecule has 2 heteroatoms. The van der Waals surface area contributed by atoms with Gasteiger partial charge in [0.1, 0.15) is 0 Å². The van der Waals surface area contributed by atoms with E-state index in [4.69, 9.17) is 0 Å². The molecule has 0 heterocycles. The van der Waals surface area contributed by atoms with Crippen molar-refractivity contribution >= 4 is 0 Å². The first-order valence-corrected chi connectivity index (χ1v) is 8.70. The molecule has 3 fully saturated rings. The minimum atomic E-state index is 0.586. The van der Waals surface area contributed by atoms with Gasteiger partial charge < -0.3 is 5.32 Å². The third-order valence-corrected chi connectivity index (χ3v) is 5.51. The smallest absolute Gasteiger partial charge is 0.00967 e. The number of nitrogens with one attached hydrogen (secondary N) is 1. The Hall–Kier alpha value is -0.0800. The highest BCUT2D eigenvalue weighted by Crippen LogP contribution is 2.40. The summed E-state index contributed by atoms with van der Waals surface area (Å²) in [4.78, 5) is 2.89. The van der Waals surface area contributed by atoms with Gasteiger partial charge in [-0.1, -0.05) is 25.7 Å². The van der Waals surface area contributed by atoms with Crippen LogP contribution < -0.4 is 5.32 Å². The first kappa shape index (κ1) is 13.9. The standard InChI is InChI=1S/C17H32N2/c1-18-13-17(10-4-2-3-5-11-17)14-19(16-8-9-16)12-15-6-7-15/h15-16,18H,2-14H2,1H3. The number of hydrogen-bond donors (Lipinski definition) is 1. The van der Waals surface area contributed by atoms with E-state index in [2.05, 4.69) is 17.3 Å². The van der Waals surface area contributed by atoms with E-state index in [9.17, 15) is 0 Å². The van der Waals surface area contributed by atoms with Crippen molar-refractivity contribution in [2.45, 2.75) is 70.3 Å². The fourth-order valence-electron chi connectivity index (χ4n) is 4.09. The van der Waals surface area contributed by atoms with E-state index >= 15 is 0 Å². The van der Waals surface area contributed by atoms with E-state index in [0.29, 0.717) is 5.41 Å². The van der Waals surface area contributed by atoms with Crippen LogP contribution in [0.3, 0.4) is 0 Å². The van der Waals surface area contributed by atoms with Crippen LogP contribution in [0.1, 0.15) is 64.2 Å². The van der Waals surface area contributed by atoms with Gasteiger partial charge in [-0.15, -0.1) is 0 Å². The second-order valence-electron chi connectivity index (χ2n) is 7.55. The average molecular weight is 264 g/mol. The minimum absolute atomic E-state index is 0.586. The molecule has 3 saturated carbocycles. The lowest BCUT2D eigenvalue weighted by Gasteiger charge is -2.38. The van der Waals surface area contributed by atoms with Crippen LogP contribution in [0.2, 0.25) is 0 Å². The molecule has 0 atom stereocenters. The molecule has 110 valence electrons. The zero-order valence-corrected chi connectivity index (χ0v) is 12.8. The van der Waals surface area contributed by atoms with Gasteiger partial charge in [-0.25, -0.2) is 0 Å². The fraction of sp³-hybridized carbons (Fsp3) is 1.00. The maximum atomic E-state index is 3.51. The van der Waals surface area contributed by atoms with E-state index in [1.165, 1.54) is 83.8 Å². The monoisotopic (exact) mass is 264 g/mol. The third-order valence-electron chi connectivity index (χ3n) is 5.51. The van der Waals surface area contributed by atoms with Gasteiger partial charge in [0.2, 0.25) is 0 Å². The van der Waals surface area contributed by atoms with Crippen molar-refractivity contribution < 1.29 is 0 Å². The minimum Gasteiger partial charge on any atom is -0.319 e. The molecule has 3 aliphatic rings. The van der Waals surface area contributed by atoms with Gasteiger partial charge in [0.05, 0.1) is 0 Å². The van der Waals surface area contributed by atoms with Gasteiger partial charge in [-0.3, -0.25) is 4.90 Å². The van der Waals surface area contributed by atoms with Crippen LogP contribution in [-0.4, -0.2) is 37.6 Å². The Labute approximate surface area is 119 Å². The molecule has 0 bridgehead atoms. The maximum absolute atomic E-state index is 3.51. The summed E-state index contributed by atoms with van der Waals surface area (Å²) >= 11 is 0. The largest absolute Gasteiger partial charge is 0.319 e. The zero-order valence-electron chi connectivity index (χ0n) is 12.8. The SMILES string of the molecule is CNCC1(CN(CC2CC2)C2CC2)CCCCCC1. The van der Waals surface area contributed by atoms with Crippen molar-refractivity contribution in [1.82, 2.24) is 10.2 Å². The number of hydrogen-bond acceptors (Lipinski definition) is 2.